The van der Waals surface area contributed by atoms with Gasteiger partial charge in [-0.2, -0.15) is 17.9 Å². The summed E-state index contributed by atoms with van der Waals surface area (Å²) >= 11 is 0. The second-order valence-corrected chi connectivity index (χ2v) is 12.3. The van der Waals surface area contributed by atoms with E-state index in [-0.39, 0.29) is 35.9 Å². The summed E-state index contributed by atoms with van der Waals surface area (Å²) in [7, 11) is -3.53. The van der Waals surface area contributed by atoms with Gasteiger partial charge in [0.15, 0.2) is 21.5 Å². The van der Waals surface area contributed by atoms with Crippen LogP contribution < -0.4 is 5.73 Å². The first-order valence-corrected chi connectivity index (χ1v) is 13.1. The molecule has 0 aromatic rings. The molecule has 194 valence electrons. The van der Waals surface area contributed by atoms with Crippen molar-refractivity contribution in [2.45, 2.75) is 64.8 Å². The summed E-state index contributed by atoms with van der Waals surface area (Å²) in [4.78, 5) is 4.15. The first-order valence-electron chi connectivity index (χ1n) is 11.4. The number of nitrogens with zero attached hydrogens (tertiary/aromatic N) is 2. The van der Waals surface area contributed by atoms with E-state index >= 15 is 0 Å². The number of pyridine rings is 1. The van der Waals surface area contributed by atoms with Gasteiger partial charge in [0, 0.05) is 23.1 Å². The zero-order valence-corrected chi connectivity index (χ0v) is 21.3. The molecule has 3 rings (SSSR count). The molecule has 0 radical (unpaired) electrons. The third-order valence-corrected chi connectivity index (χ3v) is 9.58. The molecule has 0 atom stereocenters. The molecule has 3 aliphatic rings. The van der Waals surface area contributed by atoms with E-state index in [2.05, 4.69) is 4.98 Å². The van der Waals surface area contributed by atoms with Crippen molar-refractivity contribution in [2.24, 2.45) is 11.1 Å². The summed E-state index contributed by atoms with van der Waals surface area (Å²) in [5.74, 6) is -0.109. The van der Waals surface area contributed by atoms with Gasteiger partial charge >= 0.3 is 6.18 Å². The van der Waals surface area contributed by atoms with Gasteiger partial charge in [-0.1, -0.05) is 13.8 Å². The van der Waals surface area contributed by atoms with Crippen LogP contribution in [0.5, 0.6) is 0 Å². The van der Waals surface area contributed by atoms with E-state index in [9.17, 15) is 26.8 Å². The third kappa shape index (κ3) is 4.74. The van der Waals surface area contributed by atoms with Crippen molar-refractivity contribution >= 4 is 15.4 Å². The molecule has 2 aliphatic heterocycles. The standard InChI is InChI=1S/C24H32F3N3O4S/c1-6-16(22(4,5)35(32,33)7-2)13-19(20(28)34-14-23(9-10-23)24(25,26)27)18-12-15(3)30(31)21-17(18)8-11-29-21/h8,11-13,31H,6-7,9-10,14,28H2,1-5H3/b16-13+,20-19-. The van der Waals surface area contributed by atoms with Crippen molar-refractivity contribution in [1.29, 1.82) is 0 Å². The van der Waals surface area contributed by atoms with Crippen LogP contribution in [0, 0.1) is 12.3 Å². The Bertz CT molecular complexity index is 1240. The largest absolute Gasteiger partial charge is 0.478 e. The van der Waals surface area contributed by atoms with E-state index in [1.54, 1.807) is 52.8 Å². The Labute approximate surface area is 203 Å². The number of hydrogen-bond acceptors (Lipinski definition) is 6. The van der Waals surface area contributed by atoms with Gasteiger partial charge in [-0.05, 0) is 69.4 Å². The van der Waals surface area contributed by atoms with Gasteiger partial charge < -0.3 is 15.7 Å². The van der Waals surface area contributed by atoms with Gasteiger partial charge in [0.1, 0.15) is 12.0 Å². The highest BCUT2D eigenvalue weighted by Gasteiger charge is 2.64. The average Bonchev–Trinajstić information content (AvgIpc) is 3.43. The van der Waals surface area contributed by atoms with Crippen molar-refractivity contribution in [1.82, 2.24) is 9.71 Å². The molecule has 0 amide bonds. The Morgan fingerprint density at radius 1 is 1.31 bits per heavy atom. The predicted molar refractivity (Wildman–Crippen MR) is 127 cm³/mol. The van der Waals surface area contributed by atoms with Crippen LogP contribution >= 0.6 is 0 Å². The number of aromatic nitrogens is 2. The van der Waals surface area contributed by atoms with Crippen LogP contribution in [0.4, 0.5) is 13.2 Å². The van der Waals surface area contributed by atoms with Crippen LogP contribution in [-0.4, -0.2) is 46.6 Å². The fourth-order valence-electron chi connectivity index (χ4n) is 4.12. The maximum absolute atomic E-state index is 13.5. The number of nitrogens with two attached hydrogens (primary N) is 1. The van der Waals surface area contributed by atoms with Crippen LogP contribution in [0.3, 0.4) is 0 Å². The molecule has 0 bridgehead atoms. The number of sulfone groups is 1. The van der Waals surface area contributed by atoms with Crippen molar-refractivity contribution in [3.05, 3.63) is 47.1 Å². The topological polar surface area (TPSA) is 107 Å². The lowest BCUT2D eigenvalue weighted by Crippen LogP contribution is -2.35. The van der Waals surface area contributed by atoms with Crippen LogP contribution in [-0.2, 0) is 14.6 Å². The normalized spacial score (nSPS) is 17.4. The van der Waals surface area contributed by atoms with Gasteiger partial charge in [0.05, 0.1) is 10.4 Å². The quantitative estimate of drug-likeness (QED) is 0.274. The fraction of sp³-hybridized carbons (Fsp3) is 0.542. The van der Waals surface area contributed by atoms with Gasteiger partial charge in [-0.15, -0.1) is 0 Å². The molecule has 0 spiro atoms. The summed E-state index contributed by atoms with van der Waals surface area (Å²) in [6, 6.07) is 3.24. The molecule has 1 fully saturated rings. The number of aryl methyl sites for hydroxylation is 1. The SMILES string of the molecule is CC/C(=C\C(=C(/N)OCC1(C(F)(F)F)CC1)c1cc(C)n(O)c2nccc1-2)C(C)(C)S(=O)(=O)CC. The molecule has 1 aliphatic carbocycles. The molecule has 0 aromatic carbocycles. The lowest BCUT2D eigenvalue weighted by atomic mass is 9.92. The Balaban J connectivity index is 2.21. The van der Waals surface area contributed by atoms with Crippen molar-refractivity contribution in [3.8, 4) is 11.4 Å². The summed E-state index contributed by atoms with van der Waals surface area (Å²) in [5.41, 5.74) is 6.45. The second-order valence-electron chi connectivity index (χ2n) is 9.47. The highest BCUT2D eigenvalue weighted by atomic mass is 32.2. The summed E-state index contributed by atoms with van der Waals surface area (Å²) in [6.07, 6.45) is -1.08. The van der Waals surface area contributed by atoms with Gasteiger partial charge in [0.25, 0.3) is 0 Å². The zero-order chi connectivity index (χ0) is 26.4. The lowest BCUT2D eigenvalue weighted by molar-refractivity contribution is -0.198. The molecule has 0 saturated heterocycles. The second kappa shape index (κ2) is 9.07. The van der Waals surface area contributed by atoms with Gasteiger partial charge in [-0.25, -0.2) is 13.4 Å². The minimum Gasteiger partial charge on any atom is -0.478 e. The van der Waals surface area contributed by atoms with Gasteiger partial charge in [-0.3, -0.25) is 0 Å². The molecular weight excluding hydrogens is 483 g/mol. The molecular formula is C24H32F3N3O4S. The summed E-state index contributed by atoms with van der Waals surface area (Å²) in [6.45, 7) is 7.54. The van der Waals surface area contributed by atoms with Crippen LogP contribution in [0.1, 0.15) is 58.2 Å². The van der Waals surface area contributed by atoms with Crippen molar-refractivity contribution in [3.63, 3.8) is 0 Å². The molecule has 35 heavy (non-hydrogen) atoms. The maximum Gasteiger partial charge on any atom is 0.397 e. The average molecular weight is 516 g/mol. The number of halogens is 3. The monoisotopic (exact) mass is 515 g/mol. The first kappa shape index (κ1) is 26.9. The molecule has 11 heteroatoms. The Hall–Kier alpha value is -2.69. The number of fused-ring (bicyclic) bond motifs is 1. The van der Waals surface area contributed by atoms with E-state index in [0.29, 0.717) is 28.8 Å². The summed E-state index contributed by atoms with van der Waals surface area (Å²) in [5, 5.41) is 10.4. The number of hydrogen-bond donors (Lipinski definition) is 2. The predicted octanol–water partition coefficient (Wildman–Crippen LogP) is 5.07. The molecule has 7 nitrogen and oxygen atoms in total. The number of alkyl halides is 3. The molecule has 1 saturated carbocycles. The Kier molecular flexibility index (Phi) is 6.97. The minimum absolute atomic E-state index is 0.0388. The van der Waals surface area contributed by atoms with E-state index in [1.165, 1.54) is 6.20 Å². The highest BCUT2D eigenvalue weighted by molar-refractivity contribution is 7.92. The van der Waals surface area contributed by atoms with E-state index in [4.69, 9.17) is 10.5 Å². The van der Waals surface area contributed by atoms with Crippen molar-refractivity contribution < 1.29 is 31.5 Å². The zero-order valence-electron chi connectivity index (χ0n) is 20.5. The Morgan fingerprint density at radius 3 is 2.46 bits per heavy atom. The van der Waals surface area contributed by atoms with E-state index < -0.39 is 32.8 Å². The van der Waals surface area contributed by atoms with Crippen LogP contribution in [0.25, 0.3) is 17.0 Å². The Morgan fingerprint density at radius 2 is 1.94 bits per heavy atom. The number of allylic oxidation sites excluding steroid dienone is 2. The highest BCUT2D eigenvalue weighted by Crippen LogP contribution is 2.57. The number of rotatable bonds is 9. The molecule has 0 unspecified atom stereocenters. The minimum atomic E-state index is -4.41. The van der Waals surface area contributed by atoms with Crippen LogP contribution in [0.15, 0.2) is 35.9 Å². The molecule has 2 heterocycles. The molecule has 3 N–H and O–H groups in total. The van der Waals surface area contributed by atoms with Gasteiger partial charge in [0.2, 0.25) is 0 Å². The summed E-state index contributed by atoms with van der Waals surface area (Å²) < 4.78 is 71.3. The number of ether oxygens (including phenoxy) is 1. The third-order valence-electron chi connectivity index (χ3n) is 7.00. The molecule has 0 aromatic heterocycles. The van der Waals surface area contributed by atoms with Crippen LogP contribution in [0.2, 0.25) is 0 Å². The van der Waals surface area contributed by atoms with E-state index in [0.717, 1.165) is 4.73 Å². The van der Waals surface area contributed by atoms with Crippen molar-refractivity contribution in [2.75, 3.05) is 12.4 Å². The maximum atomic E-state index is 13.5. The smallest absolute Gasteiger partial charge is 0.397 e. The first-order chi connectivity index (χ1) is 16.1. The fourth-order valence-corrected chi connectivity index (χ4v) is 5.44. The van der Waals surface area contributed by atoms with E-state index in [1.807, 2.05) is 0 Å². The lowest BCUT2D eigenvalue weighted by Gasteiger charge is -2.28.